The molecule has 0 aromatic heterocycles. The Balaban J connectivity index is 2.10. The average Bonchev–Trinajstić information content (AvgIpc) is 2.47. The molecule has 4 heteroatoms. The van der Waals surface area contributed by atoms with Gasteiger partial charge in [0.25, 0.3) is 0 Å². The summed E-state index contributed by atoms with van der Waals surface area (Å²) < 4.78 is 5.55. The van der Waals surface area contributed by atoms with Gasteiger partial charge in [-0.2, -0.15) is 5.10 Å². The van der Waals surface area contributed by atoms with E-state index < -0.39 is 0 Å². The average molecular weight is 287 g/mol. The van der Waals surface area contributed by atoms with Gasteiger partial charge in [0.05, 0.1) is 11.9 Å². The molecule has 0 aliphatic heterocycles. The van der Waals surface area contributed by atoms with Crippen LogP contribution in [0.3, 0.4) is 0 Å². The van der Waals surface area contributed by atoms with Crippen LogP contribution in [0, 0.1) is 0 Å². The number of hydrogen-bond donors (Lipinski definition) is 1. The van der Waals surface area contributed by atoms with Crippen molar-refractivity contribution < 1.29 is 4.74 Å². The lowest BCUT2D eigenvalue weighted by molar-refractivity contribution is 0.363. The summed E-state index contributed by atoms with van der Waals surface area (Å²) in [6.07, 6.45) is 3.37. The summed E-state index contributed by atoms with van der Waals surface area (Å²) in [5.41, 5.74) is 4.67. The van der Waals surface area contributed by atoms with Crippen LogP contribution in [0.1, 0.15) is 5.56 Å². The van der Waals surface area contributed by atoms with Crippen LogP contribution in [0.4, 0.5) is 5.69 Å². The fourth-order valence-corrected chi connectivity index (χ4v) is 1.77. The van der Waals surface area contributed by atoms with Gasteiger partial charge in [0.1, 0.15) is 12.4 Å². The van der Waals surface area contributed by atoms with Crippen LogP contribution in [0.2, 0.25) is 5.02 Å². The van der Waals surface area contributed by atoms with E-state index in [1.807, 2.05) is 36.4 Å². The first-order valence-electron chi connectivity index (χ1n) is 6.17. The van der Waals surface area contributed by atoms with Crippen molar-refractivity contribution in [3.8, 4) is 5.75 Å². The Hall–Kier alpha value is -2.26. The first kappa shape index (κ1) is 14.2. The maximum Gasteiger partial charge on any atom is 0.128 e. The van der Waals surface area contributed by atoms with Crippen molar-refractivity contribution >= 4 is 23.5 Å². The molecular weight excluding hydrogens is 272 g/mol. The van der Waals surface area contributed by atoms with Gasteiger partial charge in [0.15, 0.2) is 0 Å². The highest BCUT2D eigenvalue weighted by atomic mass is 35.5. The molecule has 0 aliphatic rings. The second-order valence-electron chi connectivity index (χ2n) is 4.02. The SMILES string of the molecule is C=CCOc1ccc(Cl)cc1C=NNc1ccccc1. The van der Waals surface area contributed by atoms with Crippen molar-refractivity contribution in [3.63, 3.8) is 0 Å². The molecule has 3 nitrogen and oxygen atoms in total. The molecule has 2 aromatic rings. The number of nitrogens with zero attached hydrogens (tertiary/aromatic N) is 1. The highest BCUT2D eigenvalue weighted by Gasteiger charge is 2.02. The Morgan fingerprint density at radius 2 is 2.00 bits per heavy atom. The van der Waals surface area contributed by atoms with Gasteiger partial charge in [-0.25, -0.2) is 0 Å². The van der Waals surface area contributed by atoms with Crippen molar-refractivity contribution in [1.82, 2.24) is 0 Å². The van der Waals surface area contributed by atoms with Crippen LogP contribution in [0.15, 0.2) is 66.3 Å². The summed E-state index contributed by atoms with van der Waals surface area (Å²) in [5.74, 6) is 0.716. The number of ether oxygens (including phenoxy) is 1. The molecule has 0 fully saturated rings. The molecule has 0 atom stereocenters. The quantitative estimate of drug-likeness (QED) is 0.486. The van der Waals surface area contributed by atoms with E-state index in [0.717, 1.165) is 11.3 Å². The summed E-state index contributed by atoms with van der Waals surface area (Å²) in [5, 5.41) is 4.82. The minimum Gasteiger partial charge on any atom is -0.489 e. The summed E-state index contributed by atoms with van der Waals surface area (Å²) >= 11 is 5.99. The van der Waals surface area contributed by atoms with Gasteiger partial charge >= 0.3 is 0 Å². The summed E-state index contributed by atoms with van der Waals surface area (Å²) in [6.45, 7) is 4.07. The lowest BCUT2D eigenvalue weighted by atomic mass is 10.2. The van der Waals surface area contributed by atoms with Crippen molar-refractivity contribution in [3.05, 3.63) is 71.8 Å². The normalized spacial score (nSPS) is 10.4. The third-order valence-corrected chi connectivity index (χ3v) is 2.73. The van der Waals surface area contributed by atoms with Crippen molar-refractivity contribution in [1.29, 1.82) is 0 Å². The van der Waals surface area contributed by atoms with Gasteiger partial charge in [0, 0.05) is 10.6 Å². The van der Waals surface area contributed by atoms with Gasteiger partial charge in [-0.15, -0.1) is 0 Å². The number of benzene rings is 2. The molecule has 0 amide bonds. The van der Waals surface area contributed by atoms with Crippen molar-refractivity contribution in [2.24, 2.45) is 5.10 Å². The third-order valence-electron chi connectivity index (χ3n) is 2.50. The lowest BCUT2D eigenvalue weighted by Gasteiger charge is -2.07. The highest BCUT2D eigenvalue weighted by Crippen LogP contribution is 2.21. The molecule has 1 N–H and O–H groups in total. The fourth-order valence-electron chi connectivity index (χ4n) is 1.59. The van der Waals surface area contributed by atoms with Gasteiger partial charge in [0.2, 0.25) is 0 Å². The number of rotatable bonds is 6. The first-order chi connectivity index (χ1) is 9.79. The maximum atomic E-state index is 5.99. The molecule has 20 heavy (non-hydrogen) atoms. The molecule has 2 aromatic carbocycles. The minimum absolute atomic E-state index is 0.439. The fraction of sp³-hybridized carbons (Fsp3) is 0.0625. The number of hydrogen-bond acceptors (Lipinski definition) is 3. The van der Waals surface area contributed by atoms with Gasteiger partial charge < -0.3 is 4.74 Å². The predicted molar refractivity (Wildman–Crippen MR) is 84.8 cm³/mol. The van der Waals surface area contributed by atoms with Crippen LogP contribution in [0.25, 0.3) is 0 Å². The van der Waals surface area contributed by atoms with E-state index in [1.54, 1.807) is 24.4 Å². The minimum atomic E-state index is 0.439. The van der Waals surface area contributed by atoms with Gasteiger partial charge in [-0.1, -0.05) is 42.5 Å². The second kappa shape index (κ2) is 7.36. The number of hydrazone groups is 1. The zero-order valence-corrected chi connectivity index (χ0v) is 11.7. The number of para-hydroxylation sites is 1. The zero-order chi connectivity index (χ0) is 14.2. The topological polar surface area (TPSA) is 33.6 Å². The van der Waals surface area contributed by atoms with Crippen LogP contribution in [0.5, 0.6) is 5.75 Å². The Morgan fingerprint density at radius 3 is 2.75 bits per heavy atom. The van der Waals surface area contributed by atoms with E-state index >= 15 is 0 Å². The van der Waals surface area contributed by atoms with E-state index in [4.69, 9.17) is 16.3 Å². The molecule has 0 saturated heterocycles. The Labute approximate surface area is 123 Å². The molecule has 0 unspecified atom stereocenters. The Kier molecular flexibility index (Phi) is 5.21. The Bertz CT molecular complexity index is 597. The molecule has 0 saturated carbocycles. The number of halogens is 1. The predicted octanol–water partition coefficient (Wildman–Crippen LogP) is 4.35. The third kappa shape index (κ3) is 4.14. The molecule has 102 valence electrons. The molecule has 0 spiro atoms. The molecule has 0 aliphatic carbocycles. The van der Waals surface area contributed by atoms with Gasteiger partial charge in [-0.3, -0.25) is 5.43 Å². The molecule has 2 rings (SSSR count). The van der Waals surface area contributed by atoms with E-state index in [2.05, 4.69) is 17.1 Å². The van der Waals surface area contributed by atoms with Crippen molar-refractivity contribution in [2.45, 2.75) is 0 Å². The van der Waals surface area contributed by atoms with Crippen LogP contribution < -0.4 is 10.2 Å². The van der Waals surface area contributed by atoms with Gasteiger partial charge in [-0.05, 0) is 30.3 Å². The first-order valence-corrected chi connectivity index (χ1v) is 6.55. The highest BCUT2D eigenvalue weighted by molar-refractivity contribution is 6.30. The standard InChI is InChI=1S/C16H15ClN2O/c1-2-10-20-16-9-8-14(17)11-13(16)12-18-19-15-6-4-3-5-7-15/h2-9,11-12,19H,1,10H2. The lowest BCUT2D eigenvalue weighted by Crippen LogP contribution is -1.98. The van der Waals surface area contributed by atoms with Crippen molar-refractivity contribution in [2.75, 3.05) is 12.0 Å². The second-order valence-corrected chi connectivity index (χ2v) is 4.45. The smallest absolute Gasteiger partial charge is 0.128 e. The van der Waals surface area contributed by atoms with E-state index in [0.29, 0.717) is 17.4 Å². The largest absolute Gasteiger partial charge is 0.489 e. The summed E-state index contributed by atoms with van der Waals surface area (Å²) in [7, 11) is 0. The maximum absolute atomic E-state index is 5.99. The summed E-state index contributed by atoms with van der Waals surface area (Å²) in [4.78, 5) is 0. The van der Waals surface area contributed by atoms with Crippen LogP contribution in [-0.4, -0.2) is 12.8 Å². The molecule has 0 radical (unpaired) electrons. The molecular formula is C16H15ClN2O. The monoisotopic (exact) mass is 286 g/mol. The Morgan fingerprint density at radius 1 is 1.20 bits per heavy atom. The van der Waals surface area contributed by atoms with E-state index in [9.17, 15) is 0 Å². The zero-order valence-electron chi connectivity index (χ0n) is 10.9. The van der Waals surface area contributed by atoms with E-state index in [1.165, 1.54) is 0 Å². The van der Waals surface area contributed by atoms with E-state index in [-0.39, 0.29) is 0 Å². The van der Waals surface area contributed by atoms with Crippen LogP contribution >= 0.6 is 11.6 Å². The number of anilines is 1. The molecule has 0 heterocycles. The summed E-state index contributed by atoms with van der Waals surface area (Å²) in [6, 6.07) is 15.1. The number of nitrogens with one attached hydrogen (secondary N) is 1. The van der Waals surface area contributed by atoms with Crippen LogP contribution in [-0.2, 0) is 0 Å². The molecule has 0 bridgehead atoms.